The van der Waals surface area contributed by atoms with Gasteiger partial charge in [-0.15, -0.1) is 0 Å². The number of benzene rings is 1. The molecule has 1 aliphatic carbocycles. The Morgan fingerprint density at radius 1 is 1.40 bits per heavy atom. The summed E-state index contributed by atoms with van der Waals surface area (Å²) in [5.74, 6) is 6.09. The van der Waals surface area contributed by atoms with E-state index in [1.807, 2.05) is 12.1 Å². The Morgan fingerprint density at radius 3 is 3.00 bits per heavy atom. The fourth-order valence-electron chi connectivity index (χ4n) is 3.53. The molecule has 1 aliphatic heterocycles. The summed E-state index contributed by atoms with van der Waals surface area (Å²) in [7, 11) is 0. The highest BCUT2D eigenvalue weighted by Gasteiger charge is 2.40. The van der Waals surface area contributed by atoms with Gasteiger partial charge in [0.1, 0.15) is 5.60 Å². The summed E-state index contributed by atoms with van der Waals surface area (Å²) in [6.45, 7) is 2.77. The van der Waals surface area contributed by atoms with Gasteiger partial charge in [0.15, 0.2) is 0 Å². The highest BCUT2D eigenvalue weighted by molar-refractivity contribution is 6.30. The average molecular weight is 360 g/mol. The zero-order valence-electron chi connectivity index (χ0n) is 14.3. The number of aliphatic hydroxyl groups is 1. The predicted octanol–water partition coefficient (Wildman–Crippen LogP) is 4.11. The molecule has 1 aromatic carbocycles. The quantitative estimate of drug-likeness (QED) is 0.767. The molecule has 0 fully saturated rings. The zero-order chi connectivity index (χ0) is 17.9. The van der Waals surface area contributed by atoms with Gasteiger partial charge in [-0.1, -0.05) is 29.5 Å². The van der Waals surface area contributed by atoms with Gasteiger partial charge < -0.3 is 9.84 Å². The van der Waals surface area contributed by atoms with Crippen molar-refractivity contribution in [3.8, 4) is 11.8 Å². The lowest BCUT2D eigenvalue weighted by Crippen LogP contribution is -2.43. The van der Waals surface area contributed by atoms with Gasteiger partial charge in [-0.3, -0.25) is 4.90 Å². The van der Waals surface area contributed by atoms with Crippen LogP contribution in [0.15, 0.2) is 35.5 Å². The molecule has 0 spiro atoms. The molecule has 0 saturated heterocycles. The van der Waals surface area contributed by atoms with Crippen molar-refractivity contribution in [3.63, 3.8) is 0 Å². The van der Waals surface area contributed by atoms with Crippen LogP contribution in [0.3, 0.4) is 0 Å². The van der Waals surface area contributed by atoms with Gasteiger partial charge in [-0.25, -0.2) is 4.79 Å². The lowest BCUT2D eigenvalue weighted by molar-refractivity contribution is 0.0863. The van der Waals surface area contributed by atoms with Gasteiger partial charge in [0.05, 0.1) is 6.61 Å². The van der Waals surface area contributed by atoms with Crippen molar-refractivity contribution >= 4 is 17.7 Å². The summed E-state index contributed by atoms with van der Waals surface area (Å²) in [6, 6.07) is 7.28. The van der Waals surface area contributed by atoms with E-state index in [4.69, 9.17) is 16.3 Å². The topological polar surface area (TPSA) is 49.8 Å². The molecule has 3 rings (SSSR count). The first-order chi connectivity index (χ1) is 12.0. The molecule has 4 nitrogen and oxygen atoms in total. The molecule has 5 heteroatoms. The van der Waals surface area contributed by atoms with E-state index in [-0.39, 0.29) is 6.09 Å². The van der Waals surface area contributed by atoms with E-state index in [2.05, 4.69) is 11.8 Å². The van der Waals surface area contributed by atoms with E-state index >= 15 is 0 Å². The molecule has 2 aliphatic rings. The van der Waals surface area contributed by atoms with Crippen molar-refractivity contribution in [2.75, 3.05) is 13.2 Å². The minimum atomic E-state index is -1.19. The van der Waals surface area contributed by atoms with E-state index < -0.39 is 5.60 Å². The molecule has 25 heavy (non-hydrogen) atoms. The maximum atomic E-state index is 12.2. The van der Waals surface area contributed by atoms with E-state index in [1.165, 1.54) is 0 Å². The number of nitrogens with zero attached hydrogens (tertiary/aromatic N) is 1. The number of allylic oxidation sites excluding steroid dienone is 1. The van der Waals surface area contributed by atoms with Crippen molar-refractivity contribution in [3.05, 3.63) is 46.1 Å². The van der Waals surface area contributed by atoms with Gasteiger partial charge in [-0.2, -0.15) is 0 Å². The maximum Gasteiger partial charge on any atom is 0.414 e. The average Bonchev–Trinajstić information content (AvgIpc) is 2.60. The Morgan fingerprint density at radius 2 is 2.24 bits per heavy atom. The molecule has 1 N–H and O–H groups in total. The molecule has 0 radical (unpaired) electrons. The Bertz CT molecular complexity index is 762. The second-order valence-electron chi connectivity index (χ2n) is 6.35. The lowest BCUT2D eigenvalue weighted by atomic mass is 9.77. The highest BCUT2D eigenvalue weighted by Crippen LogP contribution is 2.40. The van der Waals surface area contributed by atoms with Crippen LogP contribution in [-0.4, -0.2) is 34.9 Å². The Labute approximate surface area is 153 Å². The summed E-state index contributed by atoms with van der Waals surface area (Å²) < 4.78 is 5.16. The smallest absolute Gasteiger partial charge is 0.414 e. The van der Waals surface area contributed by atoms with Gasteiger partial charge in [-0.05, 0) is 62.8 Å². The summed E-state index contributed by atoms with van der Waals surface area (Å²) in [4.78, 5) is 13.9. The van der Waals surface area contributed by atoms with Crippen LogP contribution >= 0.6 is 11.6 Å². The van der Waals surface area contributed by atoms with Crippen molar-refractivity contribution in [2.45, 2.75) is 44.6 Å². The molecule has 132 valence electrons. The highest BCUT2D eigenvalue weighted by atomic mass is 35.5. The number of halogens is 1. The van der Waals surface area contributed by atoms with Crippen molar-refractivity contribution in [2.24, 2.45) is 0 Å². The number of carbonyl (C=O) groups is 1. The third-order valence-electron chi connectivity index (χ3n) is 4.66. The largest absolute Gasteiger partial charge is 0.449 e. The molecule has 0 saturated carbocycles. The Kier molecular flexibility index (Phi) is 5.36. The number of hydrogen-bond acceptors (Lipinski definition) is 3. The van der Waals surface area contributed by atoms with Crippen molar-refractivity contribution in [1.29, 1.82) is 0 Å². The minimum absolute atomic E-state index is 0.332. The molecule has 1 atom stereocenters. The van der Waals surface area contributed by atoms with E-state index in [9.17, 15) is 9.90 Å². The molecule has 1 aromatic rings. The number of ether oxygens (including phenoxy) is 1. The molecule has 0 aromatic heterocycles. The summed E-state index contributed by atoms with van der Waals surface area (Å²) in [5, 5.41) is 11.8. The Hall–Kier alpha value is -1.96. The van der Waals surface area contributed by atoms with Crippen LogP contribution in [0.4, 0.5) is 4.79 Å². The van der Waals surface area contributed by atoms with Crippen LogP contribution in [0.1, 0.15) is 44.6 Å². The van der Waals surface area contributed by atoms with Crippen LogP contribution in [0.5, 0.6) is 0 Å². The normalized spacial score (nSPS) is 22.8. The number of rotatable bonds is 1. The number of carbonyl (C=O) groups excluding carboxylic acids is 1. The van der Waals surface area contributed by atoms with E-state index in [1.54, 1.807) is 24.0 Å². The summed E-state index contributed by atoms with van der Waals surface area (Å²) in [6.07, 6.45) is 3.37. The van der Waals surface area contributed by atoms with Gasteiger partial charge >= 0.3 is 6.09 Å². The van der Waals surface area contributed by atoms with Gasteiger partial charge in [0, 0.05) is 22.8 Å². The van der Waals surface area contributed by atoms with Crippen LogP contribution in [0, 0.1) is 11.8 Å². The van der Waals surface area contributed by atoms with Crippen LogP contribution in [0.2, 0.25) is 5.02 Å². The Balaban J connectivity index is 1.94. The SMILES string of the molecule is CCOC(=O)N1CCCC2=C1CCCC2(O)C#Cc1cccc(Cl)c1. The molecule has 0 bridgehead atoms. The van der Waals surface area contributed by atoms with E-state index in [0.29, 0.717) is 24.6 Å². The standard InChI is InChI=1S/C20H22ClNO3/c1-2-25-19(23)22-13-5-8-17-18(22)9-4-11-20(17,24)12-10-15-6-3-7-16(21)14-15/h3,6-7,14,24H,2,4-5,8-9,11,13H2,1H3. The third kappa shape index (κ3) is 3.84. The second kappa shape index (κ2) is 7.51. The van der Waals surface area contributed by atoms with Crippen LogP contribution in [-0.2, 0) is 4.74 Å². The van der Waals surface area contributed by atoms with Crippen LogP contribution < -0.4 is 0 Å². The summed E-state index contributed by atoms with van der Waals surface area (Å²) >= 11 is 6.00. The maximum absolute atomic E-state index is 12.2. The first-order valence-electron chi connectivity index (χ1n) is 8.71. The van der Waals surface area contributed by atoms with Crippen LogP contribution in [0.25, 0.3) is 0 Å². The summed E-state index contributed by atoms with van der Waals surface area (Å²) in [5.41, 5.74) is 1.33. The van der Waals surface area contributed by atoms with E-state index in [0.717, 1.165) is 42.5 Å². The minimum Gasteiger partial charge on any atom is -0.449 e. The molecular weight excluding hydrogens is 338 g/mol. The zero-order valence-corrected chi connectivity index (χ0v) is 15.1. The molecule has 1 heterocycles. The number of hydrogen-bond donors (Lipinski definition) is 1. The first kappa shape index (κ1) is 17.8. The monoisotopic (exact) mass is 359 g/mol. The molecule has 1 unspecified atom stereocenters. The third-order valence-corrected chi connectivity index (χ3v) is 4.90. The second-order valence-corrected chi connectivity index (χ2v) is 6.79. The van der Waals surface area contributed by atoms with Crippen molar-refractivity contribution in [1.82, 2.24) is 4.90 Å². The first-order valence-corrected chi connectivity index (χ1v) is 9.09. The lowest BCUT2D eigenvalue weighted by Gasteiger charge is -2.40. The predicted molar refractivity (Wildman–Crippen MR) is 97.1 cm³/mol. The van der Waals surface area contributed by atoms with Gasteiger partial charge in [0.25, 0.3) is 0 Å². The fourth-order valence-corrected chi connectivity index (χ4v) is 3.72. The van der Waals surface area contributed by atoms with Gasteiger partial charge in [0.2, 0.25) is 0 Å². The fraction of sp³-hybridized carbons (Fsp3) is 0.450. The molecule has 1 amide bonds. The van der Waals surface area contributed by atoms with Crippen molar-refractivity contribution < 1.29 is 14.6 Å². The number of amides is 1. The molecular formula is C20H22ClNO3.